The van der Waals surface area contributed by atoms with Crippen molar-refractivity contribution < 1.29 is 24.1 Å². The van der Waals surface area contributed by atoms with Crippen molar-refractivity contribution >= 4 is 57.9 Å². The van der Waals surface area contributed by atoms with Crippen molar-refractivity contribution in [1.29, 1.82) is 0 Å². The van der Waals surface area contributed by atoms with E-state index in [9.17, 15) is 29.3 Å². The molecule has 1 aromatic heterocycles. The van der Waals surface area contributed by atoms with Gasteiger partial charge in [-0.05, 0) is 32.0 Å². The molecule has 2 heterocycles. The van der Waals surface area contributed by atoms with Gasteiger partial charge in [0.1, 0.15) is 5.02 Å². The van der Waals surface area contributed by atoms with Crippen LogP contribution in [0.3, 0.4) is 0 Å². The topological polar surface area (TPSA) is 195 Å². The number of halogens is 1. The minimum Gasteiger partial charge on any atom is -0.364 e. The summed E-state index contributed by atoms with van der Waals surface area (Å²) in [6.45, 7) is 1.90. The standard InChI is InChI=1S/C9H17NO.C8H6ClN3O4.C8H11N3OS/c1-10(2)9(11)8-6-4-3-5-7-8;9-5-2-1-4(3-6(5)12(15)16)11-8(14)7(10)13;1-11-3-2-5-6(4-11)13-8(10-5)7(9)12/h8H,3-7H2,1-2H3;1-3H,(H2,10,13)(H,11,14);2-4H2,1H3,(H2,9,12). The third-order valence-electron chi connectivity index (χ3n) is 6.15. The maximum absolute atomic E-state index is 11.4. The number of fused-ring (bicyclic) bond motifs is 1. The number of nitro groups is 1. The van der Waals surface area contributed by atoms with Crippen LogP contribution in [-0.4, -0.2) is 71.0 Å². The molecule has 0 bridgehead atoms. The average Bonchev–Trinajstić information content (AvgIpc) is 3.34. The van der Waals surface area contributed by atoms with Gasteiger partial charge < -0.3 is 26.6 Å². The number of benzene rings is 1. The third-order valence-corrected chi connectivity index (χ3v) is 7.57. The van der Waals surface area contributed by atoms with Crippen LogP contribution < -0.4 is 16.8 Å². The number of amides is 4. The molecule has 2 aliphatic rings. The zero-order valence-electron chi connectivity index (χ0n) is 22.6. The van der Waals surface area contributed by atoms with Gasteiger partial charge in [0.25, 0.3) is 11.6 Å². The number of rotatable bonds is 4. The number of carbonyl (C=O) groups excluding carboxylic acids is 4. The number of aromatic nitrogens is 1. The summed E-state index contributed by atoms with van der Waals surface area (Å²) in [5.41, 5.74) is 10.6. The first-order chi connectivity index (χ1) is 18.8. The first kappa shape index (κ1) is 32.6. The third kappa shape index (κ3) is 9.84. The van der Waals surface area contributed by atoms with Crippen LogP contribution >= 0.6 is 22.9 Å². The number of hydrogen-bond acceptors (Lipinski definition) is 9. The van der Waals surface area contributed by atoms with Crippen molar-refractivity contribution in [2.45, 2.75) is 45.1 Å². The Labute approximate surface area is 241 Å². The SMILES string of the molecule is CN(C)C(=O)C1CCCCC1.CN1CCc2nc(C(N)=O)sc2C1.NC(=O)C(=O)Nc1ccc(Cl)c([N+](=O)[O-])c1. The minimum absolute atomic E-state index is 0.0675. The molecule has 0 spiro atoms. The zero-order valence-corrected chi connectivity index (χ0v) is 24.2. The summed E-state index contributed by atoms with van der Waals surface area (Å²) >= 11 is 6.96. The molecular formula is C25H34ClN7O6S. The minimum atomic E-state index is -1.18. The summed E-state index contributed by atoms with van der Waals surface area (Å²) in [6, 6.07) is 3.58. The van der Waals surface area contributed by atoms with E-state index in [4.69, 9.17) is 23.1 Å². The number of likely N-dealkylation sites (N-methyl/N-ethyl adjacent to an activating group) is 1. The van der Waals surface area contributed by atoms with Crippen LogP contribution in [0.2, 0.25) is 5.02 Å². The monoisotopic (exact) mass is 595 g/mol. The lowest BCUT2D eigenvalue weighted by molar-refractivity contribution is -0.384. The van der Waals surface area contributed by atoms with Gasteiger partial charge in [-0.15, -0.1) is 11.3 Å². The second kappa shape index (κ2) is 15.2. The predicted octanol–water partition coefficient (Wildman–Crippen LogP) is 2.56. The summed E-state index contributed by atoms with van der Waals surface area (Å²) in [4.78, 5) is 62.7. The number of nitro benzene ring substituents is 1. The Morgan fingerprint density at radius 1 is 1.18 bits per heavy atom. The van der Waals surface area contributed by atoms with Crippen LogP contribution in [0.1, 0.15) is 52.5 Å². The van der Waals surface area contributed by atoms with E-state index in [0.717, 1.165) is 44.1 Å². The summed E-state index contributed by atoms with van der Waals surface area (Å²) in [6.07, 6.45) is 6.94. The molecule has 0 atom stereocenters. The van der Waals surface area contributed by atoms with Crippen molar-refractivity contribution in [2.75, 3.05) is 33.0 Å². The molecule has 5 N–H and O–H groups in total. The molecule has 2 aromatic rings. The van der Waals surface area contributed by atoms with Crippen LogP contribution in [0, 0.1) is 16.0 Å². The van der Waals surface area contributed by atoms with Crippen LogP contribution in [0.25, 0.3) is 0 Å². The van der Waals surface area contributed by atoms with Crippen LogP contribution in [0.4, 0.5) is 11.4 Å². The number of anilines is 1. The molecule has 40 heavy (non-hydrogen) atoms. The van der Waals surface area contributed by atoms with E-state index in [1.807, 2.05) is 14.1 Å². The van der Waals surface area contributed by atoms with Crippen molar-refractivity contribution in [2.24, 2.45) is 17.4 Å². The Morgan fingerprint density at radius 3 is 2.38 bits per heavy atom. The second-order valence-corrected chi connectivity index (χ2v) is 11.0. The smallest absolute Gasteiger partial charge is 0.313 e. The normalized spacial score (nSPS) is 14.8. The highest BCUT2D eigenvalue weighted by atomic mass is 35.5. The molecule has 4 rings (SSSR count). The Kier molecular flexibility index (Phi) is 12.4. The Bertz CT molecular complexity index is 1250. The molecule has 0 radical (unpaired) electrons. The van der Waals surface area contributed by atoms with E-state index in [1.54, 1.807) is 4.90 Å². The first-order valence-electron chi connectivity index (χ1n) is 12.5. The van der Waals surface area contributed by atoms with Gasteiger partial charge in [-0.1, -0.05) is 30.9 Å². The Morgan fingerprint density at radius 2 is 1.82 bits per heavy atom. The average molecular weight is 596 g/mol. The molecule has 13 nitrogen and oxygen atoms in total. The van der Waals surface area contributed by atoms with E-state index >= 15 is 0 Å². The maximum Gasteiger partial charge on any atom is 0.313 e. The largest absolute Gasteiger partial charge is 0.364 e. The number of nitrogens with one attached hydrogen (secondary N) is 1. The Balaban J connectivity index is 0.000000214. The number of primary amides is 2. The van der Waals surface area contributed by atoms with Crippen LogP contribution in [0.15, 0.2) is 18.2 Å². The van der Waals surface area contributed by atoms with Crippen LogP contribution in [-0.2, 0) is 27.3 Å². The van der Waals surface area contributed by atoms with Crippen LogP contribution in [0.5, 0.6) is 0 Å². The van der Waals surface area contributed by atoms with Crippen molar-refractivity contribution in [3.8, 4) is 0 Å². The van der Waals surface area contributed by atoms with Gasteiger partial charge in [0.05, 0.1) is 10.6 Å². The molecule has 1 aliphatic carbocycles. The molecule has 1 fully saturated rings. The van der Waals surface area contributed by atoms with E-state index in [0.29, 0.717) is 16.8 Å². The summed E-state index contributed by atoms with van der Waals surface area (Å²) < 4.78 is 0. The molecule has 4 amide bonds. The second-order valence-electron chi connectivity index (χ2n) is 9.55. The molecular weight excluding hydrogens is 562 g/mol. The fraction of sp³-hybridized carbons (Fsp3) is 0.480. The van der Waals surface area contributed by atoms with Crippen molar-refractivity contribution in [3.05, 3.63) is 48.9 Å². The zero-order chi connectivity index (χ0) is 30.0. The fourth-order valence-corrected chi connectivity index (χ4v) is 5.29. The number of thiazole rings is 1. The number of carbonyl (C=O) groups is 4. The lowest BCUT2D eigenvalue weighted by Gasteiger charge is -2.23. The molecule has 0 unspecified atom stereocenters. The van der Waals surface area contributed by atoms with E-state index in [-0.39, 0.29) is 16.4 Å². The van der Waals surface area contributed by atoms with Gasteiger partial charge in [-0.3, -0.25) is 29.3 Å². The first-order valence-corrected chi connectivity index (χ1v) is 13.7. The molecule has 1 aromatic carbocycles. The van der Waals surface area contributed by atoms with E-state index in [2.05, 4.69) is 22.2 Å². The Hall–Kier alpha value is -3.62. The number of nitrogens with two attached hydrogens (primary N) is 2. The lowest BCUT2D eigenvalue weighted by atomic mass is 9.88. The highest BCUT2D eigenvalue weighted by molar-refractivity contribution is 7.13. The summed E-state index contributed by atoms with van der Waals surface area (Å²) in [7, 11) is 5.75. The number of nitrogens with zero attached hydrogens (tertiary/aromatic N) is 4. The van der Waals surface area contributed by atoms with Gasteiger partial charge in [0.2, 0.25) is 5.91 Å². The maximum atomic E-state index is 11.4. The molecule has 1 aliphatic heterocycles. The fourth-order valence-electron chi connectivity index (χ4n) is 4.07. The van der Waals surface area contributed by atoms with Crippen molar-refractivity contribution in [3.63, 3.8) is 0 Å². The van der Waals surface area contributed by atoms with Gasteiger partial charge in [-0.25, -0.2) is 4.98 Å². The number of hydrogen-bond donors (Lipinski definition) is 3. The highest BCUT2D eigenvalue weighted by Gasteiger charge is 2.22. The van der Waals surface area contributed by atoms with Gasteiger partial charge >= 0.3 is 11.8 Å². The van der Waals surface area contributed by atoms with Gasteiger partial charge in [0, 0.05) is 56.2 Å². The highest BCUT2D eigenvalue weighted by Crippen LogP contribution is 2.27. The van der Waals surface area contributed by atoms with Gasteiger partial charge in [0.15, 0.2) is 5.01 Å². The van der Waals surface area contributed by atoms with Gasteiger partial charge in [-0.2, -0.15) is 0 Å². The summed E-state index contributed by atoms with van der Waals surface area (Å²) in [5, 5.41) is 13.0. The molecule has 0 saturated heterocycles. The molecule has 218 valence electrons. The van der Waals surface area contributed by atoms with Crippen molar-refractivity contribution in [1.82, 2.24) is 14.8 Å². The summed E-state index contributed by atoms with van der Waals surface area (Å²) in [5.74, 6) is -2.00. The van der Waals surface area contributed by atoms with E-state index in [1.165, 1.54) is 47.6 Å². The molecule has 15 heteroatoms. The predicted molar refractivity (Wildman–Crippen MR) is 152 cm³/mol. The molecule has 1 saturated carbocycles. The van der Waals surface area contributed by atoms with E-state index < -0.39 is 22.6 Å². The lowest BCUT2D eigenvalue weighted by Crippen LogP contribution is -2.30. The quantitative estimate of drug-likeness (QED) is 0.272.